The minimum absolute atomic E-state index is 0.374. The summed E-state index contributed by atoms with van der Waals surface area (Å²) in [5.41, 5.74) is -0.471. The highest BCUT2D eigenvalue weighted by molar-refractivity contribution is 5.33. The van der Waals surface area contributed by atoms with Gasteiger partial charge in [-0.25, -0.2) is 0 Å². The molecular weight excluding hydrogens is 202 g/mol. The van der Waals surface area contributed by atoms with Crippen LogP contribution in [0.15, 0.2) is 24.3 Å². The molecule has 0 aliphatic carbocycles. The van der Waals surface area contributed by atoms with Crippen LogP contribution in [0.25, 0.3) is 0 Å². The first-order valence-corrected chi connectivity index (χ1v) is 5.34. The highest BCUT2D eigenvalue weighted by Gasteiger charge is 2.17. The van der Waals surface area contributed by atoms with Gasteiger partial charge in [0.05, 0.1) is 18.1 Å². The van der Waals surface area contributed by atoms with E-state index in [1.165, 1.54) is 0 Å². The van der Waals surface area contributed by atoms with E-state index in [1.54, 1.807) is 0 Å². The predicted molar refractivity (Wildman–Crippen MR) is 62.5 cm³/mol. The van der Waals surface area contributed by atoms with Crippen LogP contribution in [0.4, 0.5) is 0 Å². The van der Waals surface area contributed by atoms with E-state index in [2.05, 4.69) is 6.07 Å². The summed E-state index contributed by atoms with van der Waals surface area (Å²) in [5, 5.41) is 8.86. The second-order valence-corrected chi connectivity index (χ2v) is 4.19. The van der Waals surface area contributed by atoms with E-state index in [9.17, 15) is 0 Å². The molecule has 1 aromatic carbocycles. The number of hydrogen-bond acceptors (Lipinski definition) is 3. The van der Waals surface area contributed by atoms with Gasteiger partial charge in [0.25, 0.3) is 0 Å². The third kappa shape index (κ3) is 3.82. The smallest absolute Gasteiger partial charge is 0.123 e. The molecule has 0 amide bonds. The molecule has 0 bridgehead atoms. The third-order valence-electron chi connectivity index (χ3n) is 2.02. The molecule has 0 aromatic heterocycles. The highest BCUT2D eigenvalue weighted by Crippen LogP contribution is 2.22. The van der Waals surface area contributed by atoms with E-state index in [0.717, 1.165) is 11.5 Å². The lowest BCUT2D eigenvalue weighted by Gasteiger charge is -2.16. The zero-order chi connectivity index (χ0) is 12.0. The van der Waals surface area contributed by atoms with Gasteiger partial charge in [-0.3, -0.25) is 0 Å². The minimum Gasteiger partial charge on any atom is -0.494 e. The maximum atomic E-state index is 8.86. The van der Waals surface area contributed by atoms with Crippen LogP contribution in [0.3, 0.4) is 0 Å². The van der Waals surface area contributed by atoms with E-state index in [4.69, 9.17) is 14.7 Å². The van der Waals surface area contributed by atoms with Gasteiger partial charge in [0.2, 0.25) is 0 Å². The van der Waals surface area contributed by atoms with Crippen molar-refractivity contribution in [2.24, 2.45) is 5.41 Å². The zero-order valence-corrected chi connectivity index (χ0v) is 9.99. The molecule has 0 aliphatic heterocycles. The first-order valence-electron chi connectivity index (χ1n) is 5.34. The lowest BCUT2D eigenvalue weighted by molar-refractivity contribution is 0.226. The Labute approximate surface area is 96.6 Å². The van der Waals surface area contributed by atoms with Crippen molar-refractivity contribution < 1.29 is 9.47 Å². The Hall–Kier alpha value is -1.69. The largest absolute Gasteiger partial charge is 0.494 e. The van der Waals surface area contributed by atoms with Crippen LogP contribution in [0.1, 0.15) is 20.8 Å². The van der Waals surface area contributed by atoms with Gasteiger partial charge in [-0.2, -0.15) is 5.26 Å². The maximum Gasteiger partial charge on any atom is 0.123 e. The number of nitrogens with zero attached hydrogens (tertiary/aromatic N) is 1. The molecule has 1 aromatic rings. The van der Waals surface area contributed by atoms with Crippen LogP contribution in [0, 0.1) is 16.7 Å². The Balaban J connectivity index is 2.61. The molecule has 0 radical (unpaired) electrons. The minimum atomic E-state index is -0.471. The topological polar surface area (TPSA) is 42.2 Å². The van der Waals surface area contributed by atoms with Gasteiger partial charge in [0.1, 0.15) is 18.1 Å². The zero-order valence-electron chi connectivity index (χ0n) is 9.99. The van der Waals surface area contributed by atoms with Crippen LogP contribution < -0.4 is 9.47 Å². The van der Waals surface area contributed by atoms with Crippen molar-refractivity contribution in [1.82, 2.24) is 0 Å². The molecule has 0 saturated carbocycles. The van der Waals surface area contributed by atoms with E-state index in [0.29, 0.717) is 13.2 Å². The average Bonchev–Trinajstić information content (AvgIpc) is 2.28. The van der Waals surface area contributed by atoms with Gasteiger partial charge < -0.3 is 9.47 Å². The van der Waals surface area contributed by atoms with Crippen molar-refractivity contribution in [3.8, 4) is 17.6 Å². The predicted octanol–water partition coefficient (Wildman–Crippen LogP) is 3.01. The monoisotopic (exact) mass is 219 g/mol. The SMILES string of the molecule is CCOc1cccc(OCC(C)(C)C#N)c1. The lowest BCUT2D eigenvalue weighted by Crippen LogP contribution is -2.18. The molecule has 3 heteroatoms. The third-order valence-corrected chi connectivity index (χ3v) is 2.02. The molecule has 0 saturated heterocycles. The Morgan fingerprint density at radius 3 is 2.44 bits per heavy atom. The Bertz CT molecular complexity index is 380. The summed E-state index contributed by atoms with van der Waals surface area (Å²) < 4.78 is 10.9. The fourth-order valence-electron chi connectivity index (χ4n) is 1.12. The molecule has 1 rings (SSSR count). The number of ether oxygens (including phenoxy) is 2. The molecule has 0 fully saturated rings. The van der Waals surface area contributed by atoms with E-state index < -0.39 is 5.41 Å². The second kappa shape index (κ2) is 5.41. The molecule has 0 unspecified atom stereocenters. The summed E-state index contributed by atoms with van der Waals surface area (Å²) in [5.74, 6) is 1.52. The fourth-order valence-corrected chi connectivity index (χ4v) is 1.12. The number of rotatable bonds is 5. The molecule has 0 spiro atoms. The number of nitriles is 1. The standard InChI is InChI=1S/C13H17NO2/c1-4-15-11-6-5-7-12(8-11)16-10-13(2,3)9-14/h5-8H,4,10H2,1-3H3. The van der Waals surface area contributed by atoms with Crippen LogP contribution in [-0.2, 0) is 0 Å². The molecule has 86 valence electrons. The summed E-state index contributed by atoms with van der Waals surface area (Å²) in [4.78, 5) is 0. The van der Waals surface area contributed by atoms with Crippen molar-refractivity contribution in [1.29, 1.82) is 5.26 Å². The molecular formula is C13H17NO2. The normalized spacial score (nSPS) is 10.6. The molecule has 0 N–H and O–H groups in total. The molecule has 0 atom stereocenters. The van der Waals surface area contributed by atoms with Gasteiger partial charge >= 0.3 is 0 Å². The van der Waals surface area contributed by atoms with E-state index >= 15 is 0 Å². The van der Waals surface area contributed by atoms with Gasteiger partial charge in [-0.15, -0.1) is 0 Å². The van der Waals surface area contributed by atoms with Crippen molar-refractivity contribution in [2.75, 3.05) is 13.2 Å². The van der Waals surface area contributed by atoms with Gasteiger partial charge in [-0.1, -0.05) is 6.07 Å². The van der Waals surface area contributed by atoms with E-state index in [-0.39, 0.29) is 0 Å². The molecule has 0 aliphatic rings. The van der Waals surface area contributed by atoms with Crippen LogP contribution in [-0.4, -0.2) is 13.2 Å². The van der Waals surface area contributed by atoms with E-state index in [1.807, 2.05) is 45.0 Å². The summed E-state index contributed by atoms with van der Waals surface area (Å²) in [6, 6.07) is 9.64. The Kier molecular flexibility index (Phi) is 4.19. The van der Waals surface area contributed by atoms with Crippen molar-refractivity contribution in [3.63, 3.8) is 0 Å². The maximum absolute atomic E-state index is 8.86. The van der Waals surface area contributed by atoms with Crippen molar-refractivity contribution in [2.45, 2.75) is 20.8 Å². The lowest BCUT2D eigenvalue weighted by atomic mass is 9.98. The van der Waals surface area contributed by atoms with Gasteiger partial charge in [0.15, 0.2) is 0 Å². The first kappa shape index (κ1) is 12.4. The highest BCUT2D eigenvalue weighted by atomic mass is 16.5. The summed E-state index contributed by atoms with van der Waals surface area (Å²) in [6.07, 6.45) is 0. The summed E-state index contributed by atoms with van der Waals surface area (Å²) in [6.45, 7) is 6.64. The summed E-state index contributed by atoms with van der Waals surface area (Å²) in [7, 11) is 0. The van der Waals surface area contributed by atoms with Crippen LogP contribution in [0.2, 0.25) is 0 Å². The first-order chi connectivity index (χ1) is 7.57. The molecule has 16 heavy (non-hydrogen) atoms. The fraction of sp³-hybridized carbons (Fsp3) is 0.462. The molecule has 3 nitrogen and oxygen atoms in total. The van der Waals surface area contributed by atoms with Gasteiger partial charge in [0, 0.05) is 6.07 Å². The summed E-state index contributed by atoms with van der Waals surface area (Å²) >= 11 is 0. The second-order valence-electron chi connectivity index (χ2n) is 4.19. The Morgan fingerprint density at radius 2 is 1.88 bits per heavy atom. The van der Waals surface area contributed by atoms with Crippen molar-refractivity contribution in [3.05, 3.63) is 24.3 Å². The Morgan fingerprint density at radius 1 is 1.25 bits per heavy atom. The number of hydrogen-bond donors (Lipinski definition) is 0. The van der Waals surface area contributed by atoms with Crippen LogP contribution in [0.5, 0.6) is 11.5 Å². The van der Waals surface area contributed by atoms with Crippen molar-refractivity contribution >= 4 is 0 Å². The average molecular weight is 219 g/mol. The number of benzene rings is 1. The van der Waals surface area contributed by atoms with Gasteiger partial charge in [-0.05, 0) is 32.9 Å². The van der Waals surface area contributed by atoms with Crippen LogP contribution >= 0.6 is 0 Å². The quantitative estimate of drug-likeness (QED) is 0.764. The molecule has 0 heterocycles.